The largest absolute Gasteiger partial charge is 0.481 e. The number of hydrogen-bond acceptors (Lipinski definition) is 5. The van der Waals surface area contributed by atoms with Gasteiger partial charge in [0, 0.05) is 11.0 Å². The fraction of sp³-hybridized carbons (Fsp3) is 0.0952. The van der Waals surface area contributed by atoms with Gasteiger partial charge in [-0.3, -0.25) is 9.59 Å². The molecule has 1 aliphatic heterocycles. The Labute approximate surface area is 165 Å². The maximum absolute atomic E-state index is 12.4. The number of thioether (sulfide) groups is 1. The van der Waals surface area contributed by atoms with Crippen molar-refractivity contribution in [2.75, 3.05) is 0 Å². The number of furan rings is 1. The number of carbonyl (C=O) groups is 2. The summed E-state index contributed by atoms with van der Waals surface area (Å²) in [4.78, 5) is 28.1. The van der Waals surface area contributed by atoms with Crippen molar-refractivity contribution in [3.63, 3.8) is 0 Å². The second kappa shape index (κ2) is 7.36. The zero-order valence-electron chi connectivity index (χ0n) is 14.9. The topological polar surface area (TPSA) is 91.9 Å². The van der Waals surface area contributed by atoms with Crippen LogP contribution in [0.3, 0.4) is 0 Å². The molecule has 0 saturated carbocycles. The molecule has 140 valence electrons. The van der Waals surface area contributed by atoms with E-state index in [9.17, 15) is 9.59 Å². The van der Waals surface area contributed by atoms with Gasteiger partial charge in [0.1, 0.15) is 11.3 Å². The molecule has 0 unspecified atom stereocenters. The molecule has 7 heteroatoms. The fourth-order valence-electron chi connectivity index (χ4n) is 2.88. The number of carbonyl (C=O) groups excluding carboxylic acids is 1. The van der Waals surface area contributed by atoms with Gasteiger partial charge in [0.15, 0.2) is 5.17 Å². The third-order valence-corrected chi connectivity index (χ3v) is 5.37. The highest BCUT2D eigenvalue weighted by atomic mass is 32.2. The molecule has 6 nitrogen and oxygen atoms in total. The second-order valence-electron chi connectivity index (χ2n) is 6.31. The van der Waals surface area contributed by atoms with E-state index in [0.29, 0.717) is 27.1 Å². The number of para-hydroxylation sites is 1. The summed E-state index contributed by atoms with van der Waals surface area (Å²) in [6, 6.07) is 16.5. The number of amides is 1. The molecule has 2 aromatic carbocycles. The monoisotopic (exact) mass is 392 g/mol. The van der Waals surface area contributed by atoms with Crippen LogP contribution >= 0.6 is 11.8 Å². The highest BCUT2D eigenvalue weighted by Gasteiger charge is 2.27. The third kappa shape index (κ3) is 3.70. The Morgan fingerprint density at radius 2 is 1.93 bits per heavy atom. The number of benzene rings is 2. The molecular formula is C21H16N2O4S. The maximum atomic E-state index is 12.4. The maximum Gasteiger partial charge on any atom is 0.307 e. The normalized spacial score (nSPS) is 17.2. The van der Waals surface area contributed by atoms with Crippen molar-refractivity contribution < 1.29 is 19.1 Å². The molecule has 2 heterocycles. The summed E-state index contributed by atoms with van der Waals surface area (Å²) < 4.78 is 5.85. The van der Waals surface area contributed by atoms with Crippen LogP contribution in [0.25, 0.3) is 16.5 Å². The Bertz CT molecular complexity index is 1110. The predicted octanol–water partition coefficient (Wildman–Crippen LogP) is 4.34. The number of aliphatic imine (C=N–C) groups is 1. The molecule has 0 spiro atoms. The summed E-state index contributed by atoms with van der Waals surface area (Å²) in [6.07, 6.45) is -0.0358. The van der Waals surface area contributed by atoms with Gasteiger partial charge in [0.2, 0.25) is 0 Å². The number of carboxylic acids is 1. The second-order valence-corrected chi connectivity index (χ2v) is 7.31. The molecule has 1 aromatic heterocycles. The number of nitrogens with zero attached hydrogens (tertiary/aromatic N) is 1. The number of amidine groups is 1. The summed E-state index contributed by atoms with van der Waals surface area (Å²) in [6.45, 7) is 1.85. The van der Waals surface area contributed by atoms with Gasteiger partial charge in [-0.2, -0.15) is 0 Å². The lowest BCUT2D eigenvalue weighted by atomic mass is 10.1. The van der Waals surface area contributed by atoms with Crippen molar-refractivity contribution in [1.82, 2.24) is 5.32 Å². The average molecular weight is 392 g/mol. The van der Waals surface area contributed by atoms with E-state index in [-0.39, 0.29) is 12.3 Å². The van der Waals surface area contributed by atoms with Crippen molar-refractivity contribution in [2.45, 2.75) is 13.3 Å². The first-order valence-corrected chi connectivity index (χ1v) is 9.40. The minimum absolute atomic E-state index is 0.0358. The number of hydrogen-bond donors (Lipinski definition) is 2. The Morgan fingerprint density at radius 3 is 2.64 bits per heavy atom. The van der Waals surface area contributed by atoms with E-state index in [2.05, 4.69) is 10.3 Å². The lowest BCUT2D eigenvalue weighted by molar-refractivity contribution is -0.136. The van der Waals surface area contributed by atoms with E-state index in [0.717, 1.165) is 16.5 Å². The standard InChI is InChI=1S/C21H16N2O4S/c1-12(17-11-14-4-2-3-5-16(14)27-17)19-20(26)23-21(28-19)22-15-8-6-13(7-9-15)10-18(24)25/h2-9,11H,10H2,1H3,(H,24,25)(H,22,23,26)/b19-12+. The molecule has 4 rings (SSSR count). The molecular weight excluding hydrogens is 376 g/mol. The number of rotatable bonds is 4. The van der Waals surface area contributed by atoms with E-state index < -0.39 is 5.97 Å². The van der Waals surface area contributed by atoms with Gasteiger partial charge in [0.05, 0.1) is 17.0 Å². The van der Waals surface area contributed by atoms with Gasteiger partial charge in [0.25, 0.3) is 5.91 Å². The predicted molar refractivity (Wildman–Crippen MR) is 109 cm³/mol. The summed E-state index contributed by atoms with van der Waals surface area (Å²) in [5, 5.41) is 13.0. The van der Waals surface area contributed by atoms with E-state index >= 15 is 0 Å². The first kappa shape index (κ1) is 18.1. The summed E-state index contributed by atoms with van der Waals surface area (Å²) >= 11 is 1.26. The molecule has 1 amide bonds. The van der Waals surface area contributed by atoms with Gasteiger partial charge in [-0.1, -0.05) is 30.3 Å². The van der Waals surface area contributed by atoms with Crippen LogP contribution in [0.2, 0.25) is 0 Å². The van der Waals surface area contributed by atoms with Crippen LogP contribution in [0.1, 0.15) is 18.2 Å². The Hall–Kier alpha value is -3.32. The number of aliphatic carboxylic acids is 1. The van der Waals surface area contributed by atoms with Crippen molar-refractivity contribution >= 4 is 51.0 Å². The van der Waals surface area contributed by atoms with Gasteiger partial charge < -0.3 is 14.8 Å². The Balaban J connectivity index is 1.58. The molecule has 0 aliphatic carbocycles. The average Bonchev–Trinajstić information content (AvgIpc) is 3.25. The highest BCUT2D eigenvalue weighted by Crippen LogP contribution is 2.34. The van der Waals surface area contributed by atoms with Gasteiger partial charge >= 0.3 is 5.97 Å². The minimum atomic E-state index is -0.881. The van der Waals surface area contributed by atoms with Crippen LogP contribution in [0.15, 0.2) is 68.9 Å². The van der Waals surface area contributed by atoms with Crippen molar-refractivity contribution in [3.8, 4) is 0 Å². The lowest BCUT2D eigenvalue weighted by Crippen LogP contribution is -2.19. The molecule has 2 N–H and O–H groups in total. The smallest absolute Gasteiger partial charge is 0.307 e. The summed E-state index contributed by atoms with van der Waals surface area (Å²) in [7, 11) is 0. The van der Waals surface area contributed by atoms with E-state index in [4.69, 9.17) is 9.52 Å². The van der Waals surface area contributed by atoms with E-state index in [1.54, 1.807) is 24.3 Å². The summed E-state index contributed by atoms with van der Waals surface area (Å²) in [5.41, 5.74) is 2.86. The Morgan fingerprint density at radius 1 is 1.18 bits per heavy atom. The first-order chi connectivity index (χ1) is 13.5. The first-order valence-electron chi connectivity index (χ1n) is 8.58. The SMILES string of the molecule is C/C(=C1\SC(=Nc2ccc(CC(=O)O)cc2)NC1=O)c1cc2ccccc2o1. The molecule has 0 atom stereocenters. The highest BCUT2D eigenvalue weighted by molar-refractivity contribution is 8.18. The Kier molecular flexibility index (Phi) is 4.75. The number of fused-ring (bicyclic) bond motifs is 1. The van der Waals surface area contributed by atoms with Crippen LogP contribution < -0.4 is 5.32 Å². The van der Waals surface area contributed by atoms with Crippen molar-refractivity contribution in [1.29, 1.82) is 0 Å². The van der Waals surface area contributed by atoms with Crippen LogP contribution in [-0.2, 0) is 16.0 Å². The lowest BCUT2D eigenvalue weighted by Gasteiger charge is -1.99. The van der Waals surface area contributed by atoms with E-state index in [1.807, 2.05) is 37.3 Å². The molecule has 3 aromatic rings. The quantitative estimate of drug-likeness (QED) is 0.645. The molecule has 0 bridgehead atoms. The van der Waals surface area contributed by atoms with Gasteiger partial charge in [-0.25, -0.2) is 4.99 Å². The number of carboxylic acid groups (broad SMARTS) is 1. The molecule has 1 fully saturated rings. The molecule has 1 aliphatic rings. The molecule has 0 radical (unpaired) electrons. The van der Waals surface area contributed by atoms with Crippen molar-refractivity contribution in [2.24, 2.45) is 4.99 Å². The van der Waals surface area contributed by atoms with Gasteiger partial charge in [-0.05, 0) is 48.5 Å². The van der Waals surface area contributed by atoms with Crippen LogP contribution in [0.5, 0.6) is 0 Å². The third-order valence-electron chi connectivity index (χ3n) is 4.28. The molecule has 28 heavy (non-hydrogen) atoms. The van der Waals surface area contributed by atoms with Crippen LogP contribution in [0, 0.1) is 0 Å². The van der Waals surface area contributed by atoms with Crippen molar-refractivity contribution in [3.05, 3.63) is 70.8 Å². The zero-order valence-corrected chi connectivity index (χ0v) is 15.7. The molecule has 1 saturated heterocycles. The number of nitrogens with one attached hydrogen (secondary N) is 1. The van der Waals surface area contributed by atoms with Crippen LogP contribution in [-0.4, -0.2) is 22.2 Å². The fourth-order valence-corrected chi connectivity index (χ4v) is 3.76. The van der Waals surface area contributed by atoms with Crippen LogP contribution in [0.4, 0.5) is 5.69 Å². The number of allylic oxidation sites excluding steroid dienone is 1. The van der Waals surface area contributed by atoms with Gasteiger partial charge in [-0.15, -0.1) is 0 Å². The minimum Gasteiger partial charge on any atom is -0.481 e. The van der Waals surface area contributed by atoms with E-state index in [1.165, 1.54) is 11.8 Å². The summed E-state index contributed by atoms with van der Waals surface area (Å²) in [5.74, 6) is -0.448. The zero-order chi connectivity index (χ0) is 19.7.